The summed E-state index contributed by atoms with van der Waals surface area (Å²) in [5, 5.41) is 4.42. The number of rotatable bonds is 7. The number of aliphatic imine (C=N–C) groups is 1. The third-order valence-corrected chi connectivity index (χ3v) is 4.62. The summed E-state index contributed by atoms with van der Waals surface area (Å²) in [7, 11) is 0. The van der Waals surface area contributed by atoms with Gasteiger partial charge in [-0.3, -0.25) is 9.89 Å². The summed E-state index contributed by atoms with van der Waals surface area (Å²) in [6.07, 6.45) is 2.14. The predicted octanol–water partition coefficient (Wildman–Crippen LogP) is 3.07. The fourth-order valence-electron chi connectivity index (χ4n) is 2.67. The van der Waals surface area contributed by atoms with Crippen molar-refractivity contribution in [1.82, 2.24) is 10.2 Å². The van der Waals surface area contributed by atoms with Gasteiger partial charge in [0.15, 0.2) is 5.96 Å². The highest BCUT2D eigenvalue weighted by molar-refractivity contribution is 6.35. The summed E-state index contributed by atoms with van der Waals surface area (Å²) in [6.45, 7) is 7.59. The van der Waals surface area contributed by atoms with Crippen LogP contribution in [0.1, 0.15) is 31.4 Å². The maximum Gasteiger partial charge on any atom is 0.189 e. The predicted molar refractivity (Wildman–Crippen MR) is 101 cm³/mol. The number of nitrogens with zero attached hydrogens (tertiary/aromatic N) is 2. The normalized spacial score (nSPS) is 17.7. The molecule has 1 aromatic carbocycles. The molecule has 0 amide bonds. The van der Waals surface area contributed by atoms with Crippen LogP contribution in [0.4, 0.5) is 0 Å². The van der Waals surface area contributed by atoms with E-state index in [9.17, 15) is 0 Å². The molecular weight excluding hydrogens is 347 g/mol. The zero-order valence-corrected chi connectivity index (χ0v) is 15.6. The topological polar surface area (TPSA) is 62.9 Å². The number of hydrogen-bond acceptors (Lipinski definition) is 3. The van der Waals surface area contributed by atoms with Gasteiger partial charge in [-0.1, -0.05) is 29.3 Å². The van der Waals surface area contributed by atoms with Crippen molar-refractivity contribution < 1.29 is 4.74 Å². The summed E-state index contributed by atoms with van der Waals surface area (Å²) in [5.41, 5.74) is 6.91. The van der Waals surface area contributed by atoms with Crippen molar-refractivity contribution in [2.45, 2.75) is 25.8 Å². The standard InChI is InChI=1S/C17H26Cl2N4O/c1-13(15-5-4-14(18)12-16(15)19)22-17(20)21-6-2-3-7-23-8-10-24-11-9-23/h4-5,12-13H,2-3,6-11H2,1H3,(H3,20,21,22). The van der Waals surface area contributed by atoms with Gasteiger partial charge in [-0.05, 0) is 44.0 Å². The van der Waals surface area contributed by atoms with Gasteiger partial charge in [-0.15, -0.1) is 0 Å². The van der Waals surface area contributed by atoms with Gasteiger partial charge in [0.2, 0.25) is 0 Å². The quantitative estimate of drug-likeness (QED) is 0.438. The van der Waals surface area contributed by atoms with E-state index in [1.165, 1.54) is 0 Å². The van der Waals surface area contributed by atoms with Crippen LogP contribution in [0.5, 0.6) is 0 Å². The molecule has 24 heavy (non-hydrogen) atoms. The molecule has 0 spiro atoms. The third-order valence-electron chi connectivity index (χ3n) is 4.06. The Balaban J connectivity index is 1.69. The second kappa shape index (κ2) is 10.1. The van der Waals surface area contributed by atoms with Crippen LogP contribution in [-0.4, -0.2) is 50.3 Å². The molecule has 1 heterocycles. The molecule has 1 saturated heterocycles. The lowest BCUT2D eigenvalue weighted by Gasteiger charge is -2.26. The number of hydrogen-bond donors (Lipinski definition) is 2. The molecule has 0 radical (unpaired) electrons. The van der Waals surface area contributed by atoms with Crippen LogP contribution in [-0.2, 0) is 4.74 Å². The zero-order valence-electron chi connectivity index (χ0n) is 14.1. The average Bonchev–Trinajstić information content (AvgIpc) is 2.55. The summed E-state index contributed by atoms with van der Waals surface area (Å²) in [6, 6.07) is 5.43. The Morgan fingerprint density at radius 2 is 2.08 bits per heavy atom. The zero-order chi connectivity index (χ0) is 17.4. The van der Waals surface area contributed by atoms with Crippen molar-refractivity contribution in [3.05, 3.63) is 33.8 Å². The molecule has 0 aliphatic carbocycles. The fraction of sp³-hybridized carbons (Fsp3) is 0.588. The molecule has 1 aliphatic rings. The Kier molecular flexibility index (Phi) is 8.12. The van der Waals surface area contributed by atoms with Gasteiger partial charge >= 0.3 is 0 Å². The van der Waals surface area contributed by atoms with Gasteiger partial charge in [0.05, 0.1) is 19.3 Å². The lowest BCUT2D eigenvalue weighted by atomic mass is 10.1. The minimum atomic E-state index is -0.0214. The number of guanidine groups is 1. The second-order valence-electron chi connectivity index (χ2n) is 5.96. The van der Waals surface area contributed by atoms with Crippen LogP contribution in [0.3, 0.4) is 0 Å². The van der Waals surface area contributed by atoms with Crippen LogP contribution in [0, 0.1) is 0 Å². The monoisotopic (exact) mass is 372 g/mol. The molecule has 1 fully saturated rings. The van der Waals surface area contributed by atoms with E-state index in [2.05, 4.69) is 15.2 Å². The molecule has 0 aromatic heterocycles. The molecule has 1 aromatic rings. The smallest absolute Gasteiger partial charge is 0.189 e. The Hall–Kier alpha value is -1.01. The Morgan fingerprint density at radius 1 is 1.33 bits per heavy atom. The number of morpholine rings is 1. The minimum absolute atomic E-state index is 0.0214. The first-order chi connectivity index (χ1) is 11.6. The van der Waals surface area contributed by atoms with Crippen molar-refractivity contribution in [3.8, 4) is 0 Å². The van der Waals surface area contributed by atoms with Crippen molar-refractivity contribution in [2.24, 2.45) is 10.7 Å². The number of nitrogens with two attached hydrogens (primary N) is 1. The van der Waals surface area contributed by atoms with E-state index in [0.717, 1.165) is 57.8 Å². The Morgan fingerprint density at radius 3 is 2.79 bits per heavy atom. The molecule has 1 atom stereocenters. The molecule has 2 rings (SSSR count). The highest BCUT2D eigenvalue weighted by Gasteiger charge is 2.11. The van der Waals surface area contributed by atoms with Crippen LogP contribution < -0.4 is 11.1 Å². The summed E-state index contributed by atoms with van der Waals surface area (Å²) in [5.74, 6) is 0.444. The van der Waals surface area contributed by atoms with Crippen molar-refractivity contribution in [2.75, 3.05) is 39.4 Å². The average molecular weight is 373 g/mol. The van der Waals surface area contributed by atoms with Crippen LogP contribution in [0.25, 0.3) is 0 Å². The van der Waals surface area contributed by atoms with E-state index in [1.807, 2.05) is 19.1 Å². The van der Waals surface area contributed by atoms with Crippen molar-refractivity contribution >= 4 is 29.2 Å². The second-order valence-corrected chi connectivity index (χ2v) is 6.80. The number of benzene rings is 1. The van der Waals surface area contributed by atoms with Gasteiger partial charge < -0.3 is 15.8 Å². The van der Waals surface area contributed by atoms with Crippen LogP contribution in [0.15, 0.2) is 23.2 Å². The molecule has 1 unspecified atom stereocenters. The third kappa shape index (κ3) is 6.48. The maximum atomic E-state index is 6.21. The molecule has 0 saturated carbocycles. The van der Waals surface area contributed by atoms with Crippen molar-refractivity contribution in [1.29, 1.82) is 0 Å². The lowest BCUT2D eigenvalue weighted by Crippen LogP contribution is -2.37. The van der Waals surface area contributed by atoms with Crippen LogP contribution in [0.2, 0.25) is 10.0 Å². The van der Waals surface area contributed by atoms with Gasteiger partial charge in [0.1, 0.15) is 0 Å². The van der Waals surface area contributed by atoms with E-state index >= 15 is 0 Å². The molecule has 134 valence electrons. The molecule has 7 heteroatoms. The fourth-order valence-corrected chi connectivity index (χ4v) is 3.24. The largest absolute Gasteiger partial charge is 0.379 e. The van der Waals surface area contributed by atoms with E-state index in [-0.39, 0.29) is 6.04 Å². The first kappa shape index (κ1) is 19.3. The first-order valence-corrected chi connectivity index (χ1v) is 9.13. The van der Waals surface area contributed by atoms with E-state index in [0.29, 0.717) is 16.0 Å². The maximum absolute atomic E-state index is 6.21. The number of unbranched alkanes of at least 4 members (excludes halogenated alkanes) is 1. The SMILES string of the molecule is CC(NC(N)=NCCCCN1CCOCC1)c1ccc(Cl)cc1Cl. The van der Waals surface area contributed by atoms with E-state index in [4.69, 9.17) is 33.7 Å². The Labute approximate surface area is 154 Å². The van der Waals surface area contributed by atoms with E-state index < -0.39 is 0 Å². The molecule has 0 bridgehead atoms. The number of halogens is 2. The molecule has 5 nitrogen and oxygen atoms in total. The Bertz CT molecular complexity index is 547. The number of nitrogens with one attached hydrogen (secondary N) is 1. The van der Waals surface area contributed by atoms with Crippen LogP contribution >= 0.6 is 23.2 Å². The summed E-state index contributed by atoms with van der Waals surface area (Å²) in [4.78, 5) is 6.82. The highest BCUT2D eigenvalue weighted by Crippen LogP contribution is 2.25. The van der Waals surface area contributed by atoms with E-state index in [1.54, 1.807) is 6.07 Å². The first-order valence-electron chi connectivity index (χ1n) is 8.38. The highest BCUT2D eigenvalue weighted by atomic mass is 35.5. The summed E-state index contributed by atoms with van der Waals surface area (Å²) >= 11 is 12.1. The van der Waals surface area contributed by atoms with Gasteiger partial charge in [-0.25, -0.2) is 0 Å². The number of ether oxygens (including phenoxy) is 1. The molecule has 3 N–H and O–H groups in total. The van der Waals surface area contributed by atoms with Crippen molar-refractivity contribution in [3.63, 3.8) is 0 Å². The van der Waals surface area contributed by atoms with Gasteiger partial charge in [-0.2, -0.15) is 0 Å². The van der Waals surface area contributed by atoms with Gasteiger partial charge in [0.25, 0.3) is 0 Å². The van der Waals surface area contributed by atoms with Gasteiger partial charge in [0, 0.05) is 29.7 Å². The summed E-state index contributed by atoms with van der Waals surface area (Å²) < 4.78 is 5.34. The molecule has 1 aliphatic heterocycles. The minimum Gasteiger partial charge on any atom is -0.379 e. The lowest BCUT2D eigenvalue weighted by molar-refractivity contribution is 0.0373. The molecular formula is C17H26Cl2N4O.